The highest BCUT2D eigenvalue weighted by Crippen LogP contribution is 2.21. The van der Waals surface area contributed by atoms with E-state index < -0.39 is 17.9 Å². The second kappa shape index (κ2) is 6.73. The molecule has 1 atom stereocenters. The predicted molar refractivity (Wildman–Crippen MR) is 80.3 cm³/mol. The molecule has 6 nitrogen and oxygen atoms in total. The van der Waals surface area contributed by atoms with Crippen molar-refractivity contribution in [3.63, 3.8) is 0 Å². The number of aromatic amines is 1. The van der Waals surface area contributed by atoms with Crippen LogP contribution in [-0.2, 0) is 11.2 Å². The van der Waals surface area contributed by atoms with E-state index in [9.17, 15) is 14.7 Å². The van der Waals surface area contributed by atoms with Gasteiger partial charge >= 0.3 is 5.97 Å². The quantitative estimate of drug-likeness (QED) is 0.750. The minimum Gasteiger partial charge on any atom is -0.480 e. The normalized spacial score (nSPS) is 11.9. The topological polar surface area (TPSA) is 95.1 Å². The Morgan fingerprint density at radius 1 is 1.48 bits per heavy atom. The number of carboxylic acids is 1. The molecule has 8 heteroatoms. The molecule has 0 bridgehead atoms. The summed E-state index contributed by atoms with van der Waals surface area (Å²) in [4.78, 5) is 30.0. The molecule has 0 saturated heterocycles. The minimum atomic E-state index is -1.12. The van der Waals surface area contributed by atoms with Crippen molar-refractivity contribution in [3.8, 4) is 0 Å². The number of imidazole rings is 1. The van der Waals surface area contributed by atoms with E-state index in [-0.39, 0.29) is 6.42 Å². The first-order valence-electron chi connectivity index (χ1n) is 5.93. The molecule has 3 N–H and O–H groups in total. The number of nitrogens with zero attached hydrogens (tertiary/aromatic N) is 1. The van der Waals surface area contributed by atoms with Crippen molar-refractivity contribution in [2.75, 3.05) is 0 Å². The molecule has 0 spiro atoms. The van der Waals surface area contributed by atoms with Crippen LogP contribution in [0.3, 0.4) is 0 Å². The van der Waals surface area contributed by atoms with Gasteiger partial charge in [0.05, 0.1) is 11.9 Å². The van der Waals surface area contributed by atoms with Crippen molar-refractivity contribution in [2.45, 2.75) is 12.5 Å². The highest BCUT2D eigenvalue weighted by atomic mass is 79.9. The molecule has 1 aromatic heterocycles. The lowest BCUT2D eigenvalue weighted by Crippen LogP contribution is -2.42. The molecule has 1 heterocycles. The summed E-state index contributed by atoms with van der Waals surface area (Å²) >= 11 is 9.03. The molecular weight excluding hydrogens is 362 g/mol. The van der Waals surface area contributed by atoms with E-state index in [1.807, 2.05) is 0 Å². The second-order valence-corrected chi connectivity index (χ2v) is 5.56. The number of benzene rings is 1. The molecule has 0 fully saturated rings. The van der Waals surface area contributed by atoms with Crippen LogP contribution in [0.5, 0.6) is 0 Å². The van der Waals surface area contributed by atoms with Gasteiger partial charge in [-0.3, -0.25) is 4.79 Å². The molecule has 21 heavy (non-hydrogen) atoms. The number of carboxylic acid groups (broad SMARTS) is 1. The predicted octanol–water partition coefficient (Wildman–Crippen LogP) is 2.25. The number of halogens is 2. The number of H-pyrrole nitrogens is 1. The van der Waals surface area contributed by atoms with Crippen LogP contribution in [0.2, 0.25) is 5.02 Å². The minimum absolute atomic E-state index is 0.117. The molecule has 2 rings (SSSR count). The van der Waals surface area contributed by atoms with Crippen LogP contribution < -0.4 is 5.32 Å². The lowest BCUT2D eigenvalue weighted by Gasteiger charge is -2.14. The van der Waals surface area contributed by atoms with Crippen LogP contribution in [-0.4, -0.2) is 33.0 Å². The van der Waals surface area contributed by atoms with Crippen LogP contribution in [0.25, 0.3) is 0 Å². The maximum absolute atomic E-state index is 12.1. The number of carbonyl (C=O) groups excluding carboxylic acids is 1. The number of carbonyl (C=O) groups is 2. The molecular formula is C13H11BrClN3O3. The summed E-state index contributed by atoms with van der Waals surface area (Å²) in [5.41, 5.74) is 0.938. The Kier molecular flexibility index (Phi) is 4.98. The maximum atomic E-state index is 12.1. The van der Waals surface area contributed by atoms with Crippen LogP contribution in [0, 0.1) is 0 Å². The van der Waals surface area contributed by atoms with Crippen molar-refractivity contribution < 1.29 is 14.7 Å². The molecule has 0 aliphatic heterocycles. The first-order valence-corrected chi connectivity index (χ1v) is 7.10. The maximum Gasteiger partial charge on any atom is 0.326 e. The molecule has 1 aromatic carbocycles. The molecule has 0 aliphatic rings. The Labute approximate surface area is 133 Å². The Morgan fingerprint density at radius 2 is 2.24 bits per heavy atom. The molecule has 1 amide bonds. The average molecular weight is 373 g/mol. The van der Waals surface area contributed by atoms with E-state index in [2.05, 4.69) is 31.2 Å². The summed E-state index contributed by atoms with van der Waals surface area (Å²) in [5.74, 6) is -1.62. The van der Waals surface area contributed by atoms with Gasteiger partial charge in [-0.05, 0) is 34.1 Å². The van der Waals surface area contributed by atoms with Crippen molar-refractivity contribution >= 4 is 39.4 Å². The average Bonchev–Trinajstić information content (AvgIpc) is 2.90. The smallest absolute Gasteiger partial charge is 0.326 e. The first-order chi connectivity index (χ1) is 9.97. The second-order valence-electron chi connectivity index (χ2n) is 4.27. The molecule has 0 radical (unpaired) electrons. The van der Waals surface area contributed by atoms with Crippen molar-refractivity contribution in [2.24, 2.45) is 0 Å². The van der Waals surface area contributed by atoms with E-state index in [4.69, 9.17) is 11.6 Å². The third-order valence-corrected chi connectivity index (χ3v) is 3.65. The highest BCUT2D eigenvalue weighted by molar-refractivity contribution is 9.10. The van der Waals surface area contributed by atoms with E-state index >= 15 is 0 Å². The highest BCUT2D eigenvalue weighted by Gasteiger charge is 2.22. The van der Waals surface area contributed by atoms with E-state index in [0.29, 0.717) is 20.8 Å². The fourth-order valence-electron chi connectivity index (χ4n) is 1.73. The number of amides is 1. The van der Waals surface area contributed by atoms with Gasteiger partial charge in [-0.1, -0.05) is 11.6 Å². The van der Waals surface area contributed by atoms with Gasteiger partial charge < -0.3 is 15.4 Å². The summed E-state index contributed by atoms with van der Waals surface area (Å²) in [5, 5.41) is 12.1. The summed E-state index contributed by atoms with van der Waals surface area (Å²) in [7, 11) is 0. The van der Waals surface area contributed by atoms with E-state index in [1.54, 1.807) is 12.1 Å². The Balaban J connectivity index is 2.12. The lowest BCUT2D eigenvalue weighted by atomic mass is 10.1. The molecule has 110 valence electrons. The monoisotopic (exact) mass is 371 g/mol. The summed E-state index contributed by atoms with van der Waals surface area (Å²) in [6, 6.07) is 3.60. The number of rotatable bonds is 5. The largest absolute Gasteiger partial charge is 0.480 e. The fourth-order valence-corrected chi connectivity index (χ4v) is 2.59. The Hall–Kier alpha value is -1.86. The van der Waals surface area contributed by atoms with Gasteiger partial charge in [-0.25, -0.2) is 9.78 Å². The number of nitrogens with one attached hydrogen (secondary N) is 2. The van der Waals surface area contributed by atoms with Crippen LogP contribution in [0.15, 0.2) is 35.2 Å². The Bertz CT molecular complexity index is 661. The third kappa shape index (κ3) is 4.05. The number of hydrogen-bond donors (Lipinski definition) is 3. The van der Waals surface area contributed by atoms with Crippen molar-refractivity contribution in [3.05, 3.63) is 51.5 Å². The van der Waals surface area contributed by atoms with Crippen LogP contribution in [0.4, 0.5) is 0 Å². The SMILES string of the molecule is O=C(NC(Cc1cnc[nH]1)C(=O)O)c1ccc(Cl)cc1Br. The van der Waals surface area contributed by atoms with E-state index in [0.717, 1.165) is 0 Å². The van der Waals surface area contributed by atoms with Crippen LogP contribution >= 0.6 is 27.5 Å². The first kappa shape index (κ1) is 15.5. The van der Waals surface area contributed by atoms with Gasteiger partial charge in [0.2, 0.25) is 0 Å². The molecule has 0 aliphatic carbocycles. The van der Waals surface area contributed by atoms with Gasteiger partial charge in [0.1, 0.15) is 6.04 Å². The van der Waals surface area contributed by atoms with Gasteiger partial charge in [-0.15, -0.1) is 0 Å². The number of aromatic nitrogens is 2. The van der Waals surface area contributed by atoms with Gasteiger partial charge in [-0.2, -0.15) is 0 Å². The zero-order chi connectivity index (χ0) is 15.4. The third-order valence-electron chi connectivity index (χ3n) is 2.76. The zero-order valence-electron chi connectivity index (χ0n) is 10.6. The summed E-state index contributed by atoms with van der Waals surface area (Å²) in [6.45, 7) is 0. The summed E-state index contributed by atoms with van der Waals surface area (Å²) in [6.07, 6.45) is 3.08. The van der Waals surface area contributed by atoms with Gasteiger partial charge in [0.15, 0.2) is 0 Å². The number of aliphatic carboxylic acids is 1. The molecule has 0 saturated carbocycles. The zero-order valence-corrected chi connectivity index (χ0v) is 13.0. The molecule has 1 unspecified atom stereocenters. The van der Waals surface area contributed by atoms with Crippen molar-refractivity contribution in [1.82, 2.24) is 15.3 Å². The standard InChI is InChI=1S/C13H11BrClN3O3/c14-10-3-7(15)1-2-9(10)12(19)18-11(13(20)21)4-8-5-16-6-17-8/h1-3,5-6,11H,4H2,(H,16,17)(H,18,19)(H,20,21). The van der Waals surface area contributed by atoms with Crippen molar-refractivity contribution in [1.29, 1.82) is 0 Å². The Morgan fingerprint density at radius 3 is 2.81 bits per heavy atom. The van der Waals surface area contributed by atoms with Crippen LogP contribution in [0.1, 0.15) is 16.1 Å². The lowest BCUT2D eigenvalue weighted by molar-refractivity contribution is -0.139. The molecule has 2 aromatic rings. The van der Waals surface area contributed by atoms with Gasteiger partial charge in [0.25, 0.3) is 5.91 Å². The summed E-state index contributed by atoms with van der Waals surface area (Å²) < 4.78 is 0.498. The number of hydrogen-bond acceptors (Lipinski definition) is 3. The fraction of sp³-hybridized carbons (Fsp3) is 0.154. The van der Waals surface area contributed by atoms with E-state index in [1.165, 1.54) is 18.6 Å². The van der Waals surface area contributed by atoms with Gasteiger partial charge in [0, 0.05) is 27.8 Å².